The molecular weight excluding hydrogens is 329 g/mol. The zero-order valence-electron chi connectivity index (χ0n) is 14.4. The molecule has 1 aromatic heterocycles. The molecule has 5 rings (SSSR count). The first kappa shape index (κ1) is 15.6. The normalized spacial score (nSPS) is 25.0. The van der Waals surface area contributed by atoms with Gasteiger partial charge in [0.2, 0.25) is 5.91 Å². The van der Waals surface area contributed by atoms with Crippen LogP contribution < -0.4 is 0 Å². The van der Waals surface area contributed by atoms with Gasteiger partial charge in [0.15, 0.2) is 0 Å². The van der Waals surface area contributed by atoms with Gasteiger partial charge in [0.25, 0.3) is 0 Å². The Balaban J connectivity index is 1.35. The lowest BCUT2D eigenvalue weighted by Crippen LogP contribution is -2.32. The number of aromatic amines is 1. The standard InChI is InChI=1S/C21H20FN3O/c22-14-9-7-13(8-10-14)15-12-16(15)21(26)25-11-3-6-19(25)20-23-17-4-1-2-5-18(17)24-20/h1-2,4-5,7-10,15-16,19H,3,6,11-12H2,(H,23,24). The van der Waals surface area contributed by atoms with E-state index in [0.29, 0.717) is 0 Å². The summed E-state index contributed by atoms with van der Waals surface area (Å²) < 4.78 is 13.1. The number of hydrogen-bond donors (Lipinski definition) is 1. The Morgan fingerprint density at radius 2 is 1.96 bits per heavy atom. The van der Waals surface area contributed by atoms with Crippen molar-refractivity contribution in [2.75, 3.05) is 6.54 Å². The number of fused-ring (bicyclic) bond motifs is 1. The molecule has 0 bridgehead atoms. The summed E-state index contributed by atoms with van der Waals surface area (Å²) in [5.74, 6) is 1.10. The van der Waals surface area contributed by atoms with Crippen molar-refractivity contribution in [2.24, 2.45) is 5.92 Å². The lowest BCUT2D eigenvalue weighted by molar-refractivity contribution is -0.133. The Kier molecular flexibility index (Phi) is 3.55. The lowest BCUT2D eigenvalue weighted by Gasteiger charge is -2.23. The summed E-state index contributed by atoms with van der Waals surface area (Å²) in [6.07, 6.45) is 2.80. The first-order chi connectivity index (χ1) is 12.7. The van der Waals surface area contributed by atoms with Gasteiger partial charge >= 0.3 is 0 Å². The van der Waals surface area contributed by atoms with E-state index >= 15 is 0 Å². The summed E-state index contributed by atoms with van der Waals surface area (Å²) in [5, 5.41) is 0. The van der Waals surface area contributed by atoms with Gasteiger partial charge in [-0.15, -0.1) is 0 Å². The van der Waals surface area contributed by atoms with Crippen molar-refractivity contribution >= 4 is 16.9 Å². The van der Waals surface area contributed by atoms with Crippen LogP contribution in [-0.4, -0.2) is 27.3 Å². The quantitative estimate of drug-likeness (QED) is 0.771. The van der Waals surface area contributed by atoms with Crippen molar-refractivity contribution in [2.45, 2.75) is 31.2 Å². The minimum absolute atomic E-state index is 0.0189. The second-order valence-corrected chi connectivity index (χ2v) is 7.33. The van der Waals surface area contributed by atoms with Gasteiger partial charge in [-0.2, -0.15) is 0 Å². The number of likely N-dealkylation sites (tertiary alicyclic amines) is 1. The maximum absolute atomic E-state index is 13.1. The van der Waals surface area contributed by atoms with Gasteiger partial charge in [-0.05, 0) is 55.0 Å². The fraction of sp³-hybridized carbons (Fsp3) is 0.333. The second kappa shape index (κ2) is 5.94. The molecule has 3 atom stereocenters. The third kappa shape index (κ3) is 2.59. The molecule has 1 N–H and O–H groups in total. The van der Waals surface area contributed by atoms with Crippen molar-refractivity contribution in [1.29, 1.82) is 0 Å². The topological polar surface area (TPSA) is 49.0 Å². The van der Waals surface area contributed by atoms with E-state index < -0.39 is 0 Å². The van der Waals surface area contributed by atoms with Gasteiger partial charge in [0.05, 0.1) is 17.1 Å². The van der Waals surface area contributed by atoms with E-state index in [1.807, 2.05) is 29.2 Å². The van der Waals surface area contributed by atoms with Gasteiger partial charge in [0, 0.05) is 12.5 Å². The van der Waals surface area contributed by atoms with E-state index in [1.54, 1.807) is 12.1 Å². The number of nitrogens with one attached hydrogen (secondary N) is 1. The molecule has 1 saturated carbocycles. The van der Waals surface area contributed by atoms with Crippen LogP contribution >= 0.6 is 0 Å². The summed E-state index contributed by atoms with van der Waals surface area (Å²) in [4.78, 5) is 23.1. The number of carbonyl (C=O) groups excluding carboxylic acids is 1. The van der Waals surface area contributed by atoms with Gasteiger partial charge < -0.3 is 9.88 Å². The third-order valence-electron chi connectivity index (χ3n) is 5.66. The molecule has 1 aliphatic carbocycles. The van der Waals surface area contributed by atoms with Crippen molar-refractivity contribution in [3.8, 4) is 0 Å². The van der Waals surface area contributed by atoms with Gasteiger partial charge in [-0.3, -0.25) is 4.79 Å². The highest BCUT2D eigenvalue weighted by Crippen LogP contribution is 2.50. The van der Waals surface area contributed by atoms with Crippen molar-refractivity contribution in [3.63, 3.8) is 0 Å². The van der Waals surface area contributed by atoms with Crippen LogP contribution in [0.1, 0.15) is 42.6 Å². The highest BCUT2D eigenvalue weighted by Gasteiger charge is 2.48. The highest BCUT2D eigenvalue weighted by atomic mass is 19.1. The average Bonchev–Trinajstić information content (AvgIpc) is 3.11. The molecule has 4 nitrogen and oxygen atoms in total. The molecule has 26 heavy (non-hydrogen) atoms. The molecule has 3 aromatic rings. The molecule has 3 unspecified atom stereocenters. The number of hydrogen-bond acceptors (Lipinski definition) is 2. The number of carbonyl (C=O) groups is 1. The fourth-order valence-electron chi connectivity index (χ4n) is 4.20. The summed E-state index contributed by atoms with van der Waals surface area (Å²) in [5.41, 5.74) is 3.01. The molecule has 1 amide bonds. The van der Waals surface area contributed by atoms with E-state index in [4.69, 9.17) is 4.98 Å². The molecule has 2 aromatic carbocycles. The largest absolute Gasteiger partial charge is 0.340 e. The number of benzene rings is 2. The highest BCUT2D eigenvalue weighted by molar-refractivity contribution is 5.84. The SMILES string of the molecule is O=C(C1CC1c1ccc(F)cc1)N1CCCC1c1nc2ccccc2[nH]1. The molecule has 5 heteroatoms. The fourth-order valence-corrected chi connectivity index (χ4v) is 4.20. The Morgan fingerprint density at radius 1 is 1.15 bits per heavy atom. The number of halogens is 1. The number of aromatic nitrogens is 2. The predicted octanol–water partition coefficient (Wildman–Crippen LogP) is 4.17. The minimum Gasteiger partial charge on any atom is -0.340 e. The number of H-pyrrole nitrogens is 1. The van der Waals surface area contributed by atoms with Gasteiger partial charge in [-0.25, -0.2) is 9.37 Å². The summed E-state index contributed by atoms with van der Waals surface area (Å²) in [7, 11) is 0. The Bertz CT molecular complexity index is 932. The van der Waals surface area contributed by atoms with Crippen LogP contribution in [0.4, 0.5) is 4.39 Å². The molecule has 1 saturated heterocycles. The van der Waals surface area contributed by atoms with Crippen molar-refractivity contribution < 1.29 is 9.18 Å². The second-order valence-electron chi connectivity index (χ2n) is 7.33. The summed E-state index contributed by atoms with van der Waals surface area (Å²) in [6, 6.07) is 14.5. The number of imidazole rings is 1. The molecule has 1 aliphatic heterocycles. The van der Waals surface area contributed by atoms with Crippen LogP contribution in [0.25, 0.3) is 11.0 Å². The van der Waals surface area contributed by atoms with Gasteiger partial charge in [0.1, 0.15) is 11.6 Å². The van der Waals surface area contributed by atoms with Crippen LogP contribution in [0.3, 0.4) is 0 Å². The molecule has 2 aliphatic rings. The summed E-state index contributed by atoms with van der Waals surface area (Å²) >= 11 is 0. The molecule has 2 heterocycles. The van der Waals surface area contributed by atoms with E-state index in [0.717, 1.165) is 48.2 Å². The Labute approximate surface area is 151 Å². The number of para-hydroxylation sites is 2. The lowest BCUT2D eigenvalue weighted by atomic mass is 10.1. The van der Waals surface area contributed by atoms with Crippen LogP contribution in [0.5, 0.6) is 0 Å². The van der Waals surface area contributed by atoms with E-state index in [-0.39, 0.29) is 29.6 Å². The smallest absolute Gasteiger partial charge is 0.226 e. The van der Waals surface area contributed by atoms with Gasteiger partial charge in [-0.1, -0.05) is 24.3 Å². The average molecular weight is 349 g/mol. The van der Waals surface area contributed by atoms with Crippen LogP contribution in [0.15, 0.2) is 48.5 Å². The summed E-state index contributed by atoms with van der Waals surface area (Å²) in [6.45, 7) is 0.785. The molecule has 132 valence electrons. The maximum atomic E-state index is 13.1. The zero-order chi connectivity index (χ0) is 17.7. The molecule has 2 fully saturated rings. The number of nitrogens with zero attached hydrogens (tertiary/aromatic N) is 2. The maximum Gasteiger partial charge on any atom is 0.226 e. The van der Waals surface area contributed by atoms with Crippen LogP contribution in [-0.2, 0) is 4.79 Å². The minimum atomic E-state index is -0.234. The third-order valence-corrected chi connectivity index (χ3v) is 5.66. The zero-order valence-corrected chi connectivity index (χ0v) is 14.4. The Morgan fingerprint density at radius 3 is 2.77 bits per heavy atom. The number of amides is 1. The Hall–Kier alpha value is -2.69. The predicted molar refractivity (Wildman–Crippen MR) is 97.0 cm³/mol. The van der Waals surface area contributed by atoms with Crippen molar-refractivity contribution in [1.82, 2.24) is 14.9 Å². The van der Waals surface area contributed by atoms with E-state index in [9.17, 15) is 9.18 Å². The molecule has 0 radical (unpaired) electrons. The molecule has 0 spiro atoms. The first-order valence-electron chi connectivity index (χ1n) is 9.21. The van der Waals surface area contributed by atoms with Crippen LogP contribution in [0, 0.1) is 11.7 Å². The van der Waals surface area contributed by atoms with E-state index in [2.05, 4.69) is 4.98 Å². The first-order valence-corrected chi connectivity index (χ1v) is 9.21. The van der Waals surface area contributed by atoms with Crippen LogP contribution in [0.2, 0.25) is 0 Å². The monoisotopic (exact) mass is 349 g/mol. The molecular formula is C21H20FN3O. The van der Waals surface area contributed by atoms with E-state index in [1.165, 1.54) is 12.1 Å². The number of rotatable bonds is 3. The van der Waals surface area contributed by atoms with Crippen molar-refractivity contribution in [3.05, 3.63) is 65.7 Å².